The predicted molar refractivity (Wildman–Crippen MR) is 72.0 cm³/mol. The zero-order valence-electron chi connectivity index (χ0n) is 11.0. The number of ether oxygens (including phenoxy) is 1. The summed E-state index contributed by atoms with van der Waals surface area (Å²) in [6, 6.07) is 10.6. The van der Waals surface area contributed by atoms with Gasteiger partial charge in [-0.1, -0.05) is 18.2 Å². The Hall–Kier alpha value is -2.23. The molecule has 2 nitrogen and oxygen atoms in total. The van der Waals surface area contributed by atoms with E-state index in [1.54, 1.807) is 19.2 Å². The van der Waals surface area contributed by atoms with Crippen LogP contribution < -0.4 is 4.74 Å². The van der Waals surface area contributed by atoms with Crippen molar-refractivity contribution in [1.29, 1.82) is 0 Å². The molecule has 0 aromatic heterocycles. The minimum atomic E-state index is -0.815. The van der Waals surface area contributed by atoms with Gasteiger partial charge in [-0.3, -0.25) is 4.79 Å². The van der Waals surface area contributed by atoms with Crippen LogP contribution in [-0.2, 0) is 6.42 Å². The molecule has 0 amide bonds. The third kappa shape index (κ3) is 3.20. The molecule has 0 saturated carbocycles. The van der Waals surface area contributed by atoms with E-state index in [-0.39, 0.29) is 6.42 Å². The number of Topliss-reactive ketones (excluding diaryl/α,β-unsaturated/α-hetero) is 1. The van der Waals surface area contributed by atoms with Gasteiger partial charge in [0.15, 0.2) is 5.78 Å². The van der Waals surface area contributed by atoms with Gasteiger partial charge in [0.25, 0.3) is 0 Å². The number of ketones is 1. The Morgan fingerprint density at radius 3 is 2.20 bits per heavy atom. The SMILES string of the molecule is COc1ccc(CCC(=O)c2c(F)cccc2F)cc1. The zero-order valence-corrected chi connectivity index (χ0v) is 11.0. The highest BCUT2D eigenvalue weighted by atomic mass is 19.1. The molecule has 4 heteroatoms. The van der Waals surface area contributed by atoms with Gasteiger partial charge in [0.05, 0.1) is 12.7 Å². The Balaban J connectivity index is 2.05. The highest BCUT2D eigenvalue weighted by Gasteiger charge is 2.16. The van der Waals surface area contributed by atoms with Gasteiger partial charge in [0.1, 0.15) is 17.4 Å². The van der Waals surface area contributed by atoms with Crippen molar-refractivity contribution < 1.29 is 18.3 Å². The fourth-order valence-electron chi connectivity index (χ4n) is 1.94. The van der Waals surface area contributed by atoms with Crippen molar-refractivity contribution in [3.8, 4) is 5.75 Å². The average molecular weight is 276 g/mol. The van der Waals surface area contributed by atoms with Crippen molar-refractivity contribution in [2.45, 2.75) is 12.8 Å². The largest absolute Gasteiger partial charge is 0.497 e. The molecule has 0 heterocycles. The summed E-state index contributed by atoms with van der Waals surface area (Å²) < 4.78 is 31.9. The summed E-state index contributed by atoms with van der Waals surface area (Å²) in [5.74, 6) is -1.44. The maximum absolute atomic E-state index is 13.4. The van der Waals surface area contributed by atoms with E-state index in [0.717, 1.165) is 23.4 Å². The predicted octanol–water partition coefficient (Wildman–Crippen LogP) is 3.79. The third-order valence-corrected chi connectivity index (χ3v) is 3.04. The normalized spacial score (nSPS) is 10.3. The van der Waals surface area contributed by atoms with Crippen LogP contribution in [0.4, 0.5) is 8.78 Å². The summed E-state index contributed by atoms with van der Waals surface area (Å²) in [7, 11) is 1.57. The lowest BCUT2D eigenvalue weighted by atomic mass is 10.0. The van der Waals surface area contributed by atoms with E-state index in [0.29, 0.717) is 6.42 Å². The summed E-state index contributed by atoms with van der Waals surface area (Å²) >= 11 is 0. The number of methoxy groups -OCH3 is 1. The molecule has 0 unspecified atom stereocenters. The van der Waals surface area contributed by atoms with Gasteiger partial charge < -0.3 is 4.74 Å². The molecule has 0 aliphatic carbocycles. The Morgan fingerprint density at radius 2 is 1.65 bits per heavy atom. The van der Waals surface area contributed by atoms with Crippen LogP contribution in [0, 0.1) is 11.6 Å². The van der Waals surface area contributed by atoms with Crippen LogP contribution >= 0.6 is 0 Å². The standard InChI is InChI=1S/C16H14F2O2/c1-20-12-8-5-11(6-9-12)7-10-15(19)16-13(17)3-2-4-14(16)18/h2-6,8-9H,7,10H2,1H3. The van der Waals surface area contributed by atoms with Gasteiger partial charge in [-0.2, -0.15) is 0 Å². The summed E-state index contributed by atoms with van der Waals surface area (Å²) in [5.41, 5.74) is 0.455. The first kappa shape index (κ1) is 14.2. The van der Waals surface area contributed by atoms with Crippen LogP contribution in [-0.4, -0.2) is 12.9 Å². The van der Waals surface area contributed by atoms with E-state index >= 15 is 0 Å². The number of hydrogen-bond acceptors (Lipinski definition) is 2. The van der Waals surface area contributed by atoms with Crippen LogP contribution in [0.5, 0.6) is 5.75 Å². The molecule has 20 heavy (non-hydrogen) atoms. The summed E-state index contributed by atoms with van der Waals surface area (Å²) in [5, 5.41) is 0. The number of benzene rings is 2. The minimum absolute atomic E-state index is 0.0597. The molecule has 0 spiro atoms. The second kappa shape index (κ2) is 6.28. The quantitative estimate of drug-likeness (QED) is 0.777. The van der Waals surface area contributed by atoms with Crippen LogP contribution in [0.3, 0.4) is 0 Å². The molecule has 0 N–H and O–H groups in total. The second-order valence-corrected chi connectivity index (χ2v) is 4.37. The molecule has 0 fully saturated rings. The lowest BCUT2D eigenvalue weighted by Gasteiger charge is -2.05. The number of carbonyl (C=O) groups excluding carboxylic acids is 1. The first-order valence-electron chi connectivity index (χ1n) is 6.22. The lowest BCUT2D eigenvalue weighted by Crippen LogP contribution is -2.07. The van der Waals surface area contributed by atoms with Crippen molar-refractivity contribution in [2.24, 2.45) is 0 Å². The smallest absolute Gasteiger partial charge is 0.169 e. The van der Waals surface area contributed by atoms with E-state index in [4.69, 9.17) is 4.74 Å². The Kier molecular flexibility index (Phi) is 4.45. The van der Waals surface area contributed by atoms with Crippen LogP contribution in [0.15, 0.2) is 42.5 Å². The van der Waals surface area contributed by atoms with Gasteiger partial charge in [-0.15, -0.1) is 0 Å². The van der Waals surface area contributed by atoms with Gasteiger partial charge in [-0.05, 0) is 36.2 Å². The second-order valence-electron chi connectivity index (χ2n) is 4.37. The number of halogens is 2. The first-order valence-corrected chi connectivity index (χ1v) is 6.22. The van der Waals surface area contributed by atoms with Gasteiger partial charge >= 0.3 is 0 Å². The number of rotatable bonds is 5. The summed E-state index contributed by atoms with van der Waals surface area (Å²) in [6.07, 6.45) is 0.487. The minimum Gasteiger partial charge on any atom is -0.497 e. The number of carbonyl (C=O) groups is 1. The number of aryl methyl sites for hydroxylation is 1. The number of hydrogen-bond donors (Lipinski definition) is 0. The maximum Gasteiger partial charge on any atom is 0.169 e. The molecule has 0 aliphatic heterocycles. The molecular formula is C16H14F2O2. The first-order chi connectivity index (χ1) is 9.61. The third-order valence-electron chi connectivity index (χ3n) is 3.04. The van der Waals surface area contributed by atoms with Gasteiger partial charge in [-0.25, -0.2) is 8.78 Å². The topological polar surface area (TPSA) is 26.3 Å². The highest BCUT2D eigenvalue weighted by molar-refractivity contribution is 5.96. The zero-order chi connectivity index (χ0) is 14.5. The van der Waals surface area contributed by atoms with Crippen molar-refractivity contribution >= 4 is 5.78 Å². The van der Waals surface area contributed by atoms with Crippen LogP contribution in [0.1, 0.15) is 22.3 Å². The molecule has 2 aromatic carbocycles. The van der Waals surface area contributed by atoms with Crippen LogP contribution in [0.2, 0.25) is 0 Å². The molecule has 0 saturated heterocycles. The molecule has 0 bridgehead atoms. The van der Waals surface area contributed by atoms with Crippen molar-refractivity contribution in [2.75, 3.05) is 7.11 Å². The maximum atomic E-state index is 13.4. The van der Waals surface area contributed by atoms with Crippen LogP contribution in [0.25, 0.3) is 0 Å². The summed E-state index contributed by atoms with van der Waals surface area (Å²) in [6.45, 7) is 0. The van der Waals surface area contributed by atoms with Gasteiger partial charge in [0, 0.05) is 6.42 Å². The molecule has 104 valence electrons. The van der Waals surface area contributed by atoms with Gasteiger partial charge in [0.2, 0.25) is 0 Å². The van der Waals surface area contributed by atoms with E-state index in [1.165, 1.54) is 6.07 Å². The van der Waals surface area contributed by atoms with E-state index < -0.39 is 23.0 Å². The Morgan fingerprint density at radius 1 is 1.05 bits per heavy atom. The molecular weight excluding hydrogens is 262 g/mol. The molecule has 0 aliphatic rings. The molecule has 0 atom stereocenters. The van der Waals surface area contributed by atoms with Crippen molar-refractivity contribution in [3.05, 3.63) is 65.2 Å². The Bertz CT molecular complexity index is 586. The van der Waals surface area contributed by atoms with E-state index in [9.17, 15) is 13.6 Å². The van der Waals surface area contributed by atoms with Crippen molar-refractivity contribution in [3.63, 3.8) is 0 Å². The highest BCUT2D eigenvalue weighted by Crippen LogP contribution is 2.17. The monoisotopic (exact) mass is 276 g/mol. The molecule has 0 radical (unpaired) electrons. The fourth-order valence-corrected chi connectivity index (χ4v) is 1.94. The lowest BCUT2D eigenvalue weighted by molar-refractivity contribution is 0.0974. The van der Waals surface area contributed by atoms with Crippen molar-refractivity contribution in [1.82, 2.24) is 0 Å². The van der Waals surface area contributed by atoms with E-state index in [2.05, 4.69) is 0 Å². The fraction of sp³-hybridized carbons (Fsp3) is 0.188. The Labute approximate surface area is 116 Å². The van der Waals surface area contributed by atoms with E-state index in [1.807, 2.05) is 12.1 Å². The summed E-state index contributed by atoms with van der Waals surface area (Å²) in [4.78, 5) is 11.9. The molecule has 2 rings (SSSR count). The average Bonchev–Trinajstić information content (AvgIpc) is 2.45. The molecule has 2 aromatic rings.